The molecule has 1 aromatic carbocycles. The van der Waals surface area contributed by atoms with Gasteiger partial charge in [0.05, 0.1) is 12.0 Å². The summed E-state index contributed by atoms with van der Waals surface area (Å²) < 4.78 is 46.6. The summed E-state index contributed by atoms with van der Waals surface area (Å²) in [6.45, 7) is 5.97. The highest BCUT2D eigenvalue weighted by molar-refractivity contribution is 5.83. The lowest BCUT2D eigenvalue weighted by molar-refractivity contribution is -0.191. The summed E-state index contributed by atoms with van der Waals surface area (Å²) in [6, 6.07) is 4.07. The van der Waals surface area contributed by atoms with Crippen molar-refractivity contribution < 1.29 is 22.7 Å². The number of rotatable bonds is 9. The van der Waals surface area contributed by atoms with Gasteiger partial charge >= 0.3 is 6.18 Å². The fourth-order valence-electron chi connectivity index (χ4n) is 3.16. The molecular formula is C20H29F3N2O2. The highest BCUT2D eigenvalue weighted by atomic mass is 19.4. The Balaban J connectivity index is 2.00. The molecule has 1 atom stereocenters. The second-order valence-electron chi connectivity index (χ2n) is 7.73. The molecule has 0 bridgehead atoms. The molecule has 152 valence electrons. The number of hydrogen-bond donors (Lipinski definition) is 1. The van der Waals surface area contributed by atoms with Crippen molar-refractivity contribution >= 4 is 5.91 Å². The van der Waals surface area contributed by atoms with Gasteiger partial charge in [-0.05, 0) is 38.0 Å². The van der Waals surface area contributed by atoms with Gasteiger partial charge in [0, 0.05) is 6.54 Å². The molecule has 2 rings (SSSR count). The minimum Gasteiger partial charge on any atom is -0.494 e. The van der Waals surface area contributed by atoms with Crippen LogP contribution in [0.4, 0.5) is 13.2 Å². The number of ether oxygens (including phenoxy) is 1. The van der Waals surface area contributed by atoms with E-state index in [2.05, 4.69) is 12.3 Å². The number of nitrogens with zero attached hydrogens (tertiary/aromatic N) is 1. The third kappa shape index (κ3) is 5.86. The minimum atomic E-state index is -4.50. The van der Waals surface area contributed by atoms with E-state index in [9.17, 15) is 18.0 Å². The molecule has 1 heterocycles. The number of hydrazine groups is 1. The highest BCUT2D eigenvalue weighted by Crippen LogP contribution is 2.40. The third-order valence-electron chi connectivity index (χ3n) is 4.76. The number of hydrogen-bond acceptors (Lipinski definition) is 3. The van der Waals surface area contributed by atoms with Gasteiger partial charge < -0.3 is 4.74 Å². The van der Waals surface area contributed by atoms with E-state index in [0.29, 0.717) is 12.4 Å². The number of carbonyl (C=O) groups excluding carboxylic acids is 1. The van der Waals surface area contributed by atoms with Gasteiger partial charge in [-0.3, -0.25) is 10.2 Å². The molecule has 1 N–H and O–H groups in total. The molecule has 1 aliphatic heterocycles. The number of alkyl halides is 3. The van der Waals surface area contributed by atoms with Gasteiger partial charge in [-0.15, -0.1) is 0 Å². The quantitative estimate of drug-likeness (QED) is 0.607. The van der Waals surface area contributed by atoms with E-state index in [4.69, 9.17) is 4.74 Å². The van der Waals surface area contributed by atoms with E-state index in [1.165, 1.54) is 31.4 Å². The van der Waals surface area contributed by atoms with Crippen molar-refractivity contribution in [1.29, 1.82) is 0 Å². The van der Waals surface area contributed by atoms with Crippen LogP contribution in [0.3, 0.4) is 0 Å². The lowest BCUT2D eigenvalue weighted by Crippen LogP contribution is -2.43. The molecule has 0 saturated carbocycles. The van der Waals surface area contributed by atoms with Crippen LogP contribution in [0.1, 0.15) is 64.5 Å². The number of nitrogens with one attached hydrogen (secondary N) is 1. The zero-order valence-electron chi connectivity index (χ0n) is 16.2. The van der Waals surface area contributed by atoms with Crippen LogP contribution in [0.15, 0.2) is 24.3 Å². The van der Waals surface area contributed by atoms with Gasteiger partial charge in [-0.25, -0.2) is 5.01 Å². The second-order valence-corrected chi connectivity index (χ2v) is 7.73. The van der Waals surface area contributed by atoms with Gasteiger partial charge in [0.1, 0.15) is 11.8 Å². The maximum Gasteiger partial charge on any atom is 0.409 e. The van der Waals surface area contributed by atoms with Gasteiger partial charge in [-0.1, -0.05) is 44.7 Å². The molecule has 4 nitrogen and oxygen atoms in total. The molecule has 0 aliphatic carbocycles. The Labute approximate surface area is 159 Å². The number of halogens is 3. The van der Waals surface area contributed by atoms with Crippen molar-refractivity contribution in [2.75, 3.05) is 13.2 Å². The SMILES string of the molecule is CCCCCCCOc1ccc([C@H](N2CC(C)(C)C(=O)N2)C(F)(F)F)cc1. The van der Waals surface area contributed by atoms with Crippen molar-refractivity contribution in [1.82, 2.24) is 10.4 Å². The summed E-state index contributed by atoms with van der Waals surface area (Å²) in [4.78, 5) is 11.9. The van der Waals surface area contributed by atoms with E-state index >= 15 is 0 Å². The van der Waals surface area contributed by atoms with Crippen molar-refractivity contribution in [2.45, 2.75) is 65.1 Å². The standard InChI is InChI=1S/C20H29F3N2O2/c1-4-5-6-7-8-13-27-16-11-9-15(10-12-16)17(20(21,22)23)25-14-19(2,3)18(26)24-25/h9-12,17H,4-8,13-14H2,1-3H3,(H,24,26)/t17-/m0/s1. The van der Waals surface area contributed by atoms with Crippen LogP contribution in [0.5, 0.6) is 5.75 Å². The lowest BCUT2D eigenvalue weighted by Gasteiger charge is -2.29. The minimum absolute atomic E-state index is 0.00792. The highest BCUT2D eigenvalue weighted by Gasteiger charge is 2.51. The molecule has 0 aromatic heterocycles. The first-order valence-electron chi connectivity index (χ1n) is 9.52. The predicted octanol–water partition coefficient (Wildman–Crippen LogP) is 5.01. The van der Waals surface area contributed by atoms with E-state index in [1.54, 1.807) is 26.0 Å². The molecular weight excluding hydrogens is 357 g/mol. The largest absolute Gasteiger partial charge is 0.494 e. The molecule has 0 unspecified atom stereocenters. The maximum absolute atomic E-state index is 13.7. The van der Waals surface area contributed by atoms with Gasteiger partial charge in [-0.2, -0.15) is 13.2 Å². The summed E-state index contributed by atoms with van der Waals surface area (Å²) in [5, 5.41) is 0.978. The van der Waals surface area contributed by atoms with Crippen LogP contribution in [0.2, 0.25) is 0 Å². The molecule has 1 fully saturated rings. The monoisotopic (exact) mass is 386 g/mol. The summed E-state index contributed by atoms with van der Waals surface area (Å²) in [5.41, 5.74) is 1.59. The number of unbranched alkanes of at least 4 members (excludes halogenated alkanes) is 4. The van der Waals surface area contributed by atoms with E-state index in [-0.39, 0.29) is 12.1 Å². The topological polar surface area (TPSA) is 41.6 Å². The summed E-state index contributed by atoms with van der Waals surface area (Å²) in [7, 11) is 0. The van der Waals surface area contributed by atoms with E-state index in [0.717, 1.165) is 17.9 Å². The molecule has 1 amide bonds. The molecule has 27 heavy (non-hydrogen) atoms. The summed E-state index contributed by atoms with van der Waals surface area (Å²) in [5.74, 6) is 0.153. The van der Waals surface area contributed by atoms with Crippen LogP contribution < -0.4 is 10.2 Å². The number of carbonyl (C=O) groups is 1. The molecule has 7 heteroatoms. The Bertz CT molecular complexity index is 615. The van der Waals surface area contributed by atoms with Gasteiger partial charge in [0.25, 0.3) is 0 Å². The maximum atomic E-state index is 13.7. The number of amides is 1. The predicted molar refractivity (Wildman–Crippen MR) is 98.1 cm³/mol. The zero-order valence-corrected chi connectivity index (χ0v) is 16.2. The van der Waals surface area contributed by atoms with Crippen LogP contribution in [-0.2, 0) is 4.79 Å². The van der Waals surface area contributed by atoms with Crippen LogP contribution in [0, 0.1) is 5.41 Å². The van der Waals surface area contributed by atoms with Crippen molar-refractivity contribution in [3.05, 3.63) is 29.8 Å². The first-order valence-corrected chi connectivity index (χ1v) is 9.52. The summed E-state index contributed by atoms with van der Waals surface area (Å²) >= 11 is 0. The smallest absolute Gasteiger partial charge is 0.409 e. The van der Waals surface area contributed by atoms with Crippen molar-refractivity contribution in [3.8, 4) is 5.75 Å². The first-order chi connectivity index (χ1) is 12.6. The average molecular weight is 386 g/mol. The molecule has 1 saturated heterocycles. The fourth-order valence-corrected chi connectivity index (χ4v) is 3.16. The van der Waals surface area contributed by atoms with Crippen molar-refractivity contribution in [2.24, 2.45) is 5.41 Å². The lowest BCUT2D eigenvalue weighted by atomic mass is 9.93. The average Bonchev–Trinajstić information content (AvgIpc) is 2.83. The van der Waals surface area contributed by atoms with E-state index in [1.807, 2.05) is 0 Å². The Hall–Kier alpha value is -1.76. The Morgan fingerprint density at radius 3 is 2.30 bits per heavy atom. The third-order valence-corrected chi connectivity index (χ3v) is 4.76. The van der Waals surface area contributed by atoms with Gasteiger partial charge in [0.2, 0.25) is 5.91 Å². The Morgan fingerprint density at radius 2 is 1.78 bits per heavy atom. The molecule has 0 radical (unpaired) electrons. The second kappa shape index (κ2) is 8.95. The van der Waals surface area contributed by atoms with Crippen LogP contribution in [-0.4, -0.2) is 30.2 Å². The van der Waals surface area contributed by atoms with Gasteiger partial charge in [0.15, 0.2) is 0 Å². The van der Waals surface area contributed by atoms with Crippen LogP contribution in [0.25, 0.3) is 0 Å². The first kappa shape index (κ1) is 21.5. The molecule has 1 aromatic rings. The summed E-state index contributed by atoms with van der Waals surface area (Å²) in [6.07, 6.45) is 1.07. The van der Waals surface area contributed by atoms with Crippen molar-refractivity contribution in [3.63, 3.8) is 0 Å². The fraction of sp³-hybridized carbons (Fsp3) is 0.650. The van der Waals surface area contributed by atoms with E-state index < -0.39 is 23.5 Å². The normalized spacial score (nSPS) is 18.4. The zero-order chi connectivity index (χ0) is 20.1. The Kier molecular flexibility index (Phi) is 7.14. The van der Waals surface area contributed by atoms with Crippen LogP contribution >= 0.6 is 0 Å². The molecule has 0 spiro atoms. The Morgan fingerprint density at radius 1 is 1.15 bits per heavy atom. The number of benzene rings is 1. The molecule has 1 aliphatic rings.